The second-order valence-electron chi connectivity index (χ2n) is 8.56. The van der Waals surface area contributed by atoms with Crippen molar-refractivity contribution in [3.63, 3.8) is 0 Å². The first-order chi connectivity index (χ1) is 14.0. The molecule has 2 rings (SSSR count). The SMILES string of the molecule is CCCO[C@@](C)(CCC)C(=O)Nc1ccc(OCCCN2CCC[C@H](C)C2)cc1. The summed E-state index contributed by atoms with van der Waals surface area (Å²) in [5, 5.41) is 2.99. The van der Waals surface area contributed by atoms with Crippen LogP contribution in [0, 0.1) is 5.92 Å². The molecule has 5 nitrogen and oxygen atoms in total. The van der Waals surface area contributed by atoms with Crippen molar-refractivity contribution in [1.82, 2.24) is 4.90 Å². The summed E-state index contributed by atoms with van der Waals surface area (Å²) in [6.45, 7) is 13.2. The van der Waals surface area contributed by atoms with E-state index in [2.05, 4.69) is 31.0 Å². The molecular weight excluding hydrogens is 364 g/mol. The minimum absolute atomic E-state index is 0.0859. The topological polar surface area (TPSA) is 50.8 Å². The summed E-state index contributed by atoms with van der Waals surface area (Å²) >= 11 is 0. The third kappa shape index (κ3) is 7.98. The predicted octanol–water partition coefficient (Wildman–Crippen LogP) is 5.11. The molecular formula is C24H40N2O3. The van der Waals surface area contributed by atoms with Crippen LogP contribution < -0.4 is 10.1 Å². The molecule has 1 aliphatic rings. The van der Waals surface area contributed by atoms with Gasteiger partial charge < -0.3 is 19.7 Å². The van der Waals surface area contributed by atoms with Gasteiger partial charge in [-0.15, -0.1) is 0 Å². The molecule has 0 bridgehead atoms. The van der Waals surface area contributed by atoms with Gasteiger partial charge in [-0.3, -0.25) is 4.79 Å². The number of carbonyl (C=O) groups is 1. The predicted molar refractivity (Wildman–Crippen MR) is 120 cm³/mol. The third-order valence-electron chi connectivity index (χ3n) is 5.57. The molecule has 0 aliphatic carbocycles. The van der Waals surface area contributed by atoms with E-state index in [-0.39, 0.29) is 5.91 Å². The number of carbonyl (C=O) groups excluding carboxylic acids is 1. The van der Waals surface area contributed by atoms with E-state index < -0.39 is 5.60 Å². The number of nitrogens with zero attached hydrogens (tertiary/aromatic N) is 1. The fourth-order valence-corrected chi connectivity index (χ4v) is 3.92. The maximum Gasteiger partial charge on any atom is 0.256 e. The number of piperidine rings is 1. The second kappa shape index (κ2) is 12.2. The molecule has 1 aromatic carbocycles. The highest BCUT2D eigenvalue weighted by molar-refractivity contribution is 5.97. The number of anilines is 1. The molecule has 164 valence electrons. The van der Waals surface area contributed by atoms with Crippen LogP contribution in [0.15, 0.2) is 24.3 Å². The van der Waals surface area contributed by atoms with Gasteiger partial charge in [-0.2, -0.15) is 0 Å². The second-order valence-corrected chi connectivity index (χ2v) is 8.56. The quantitative estimate of drug-likeness (QED) is 0.492. The van der Waals surface area contributed by atoms with Gasteiger partial charge in [0.25, 0.3) is 5.91 Å². The third-order valence-corrected chi connectivity index (χ3v) is 5.57. The van der Waals surface area contributed by atoms with E-state index in [0.717, 1.165) is 49.8 Å². The van der Waals surface area contributed by atoms with Gasteiger partial charge in [0.1, 0.15) is 11.4 Å². The van der Waals surface area contributed by atoms with E-state index in [1.165, 1.54) is 25.9 Å². The number of hydrogen-bond acceptors (Lipinski definition) is 4. The number of nitrogens with one attached hydrogen (secondary N) is 1. The molecule has 1 heterocycles. The number of likely N-dealkylation sites (tertiary alicyclic amines) is 1. The Balaban J connectivity index is 1.76. The fraction of sp³-hybridized carbons (Fsp3) is 0.708. The van der Waals surface area contributed by atoms with Gasteiger partial charge in [-0.05, 0) is 75.8 Å². The van der Waals surface area contributed by atoms with Gasteiger partial charge in [0, 0.05) is 25.4 Å². The lowest BCUT2D eigenvalue weighted by Crippen LogP contribution is -2.43. The summed E-state index contributed by atoms with van der Waals surface area (Å²) in [4.78, 5) is 15.3. The summed E-state index contributed by atoms with van der Waals surface area (Å²) in [7, 11) is 0. The van der Waals surface area contributed by atoms with Crippen LogP contribution >= 0.6 is 0 Å². The van der Waals surface area contributed by atoms with Crippen molar-refractivity contribution in [3.05, 3.63) is 24.3 Å². The Morgan fingerprint density at radius 3 is 2.62 bits per heavy atom. The summed E-state index contributed by atoms with van der Waals surface area (Å²) in [6, 6.07) is 7.63. The van der Waals surface area contributed by atoms with E-state index in [0.29, 0.717) is 13.0 Å². The Bertz CT molecular complexity index is 605. The van der Waals surface area contributed by atoms with Crippen LogP contribution in [0.5, 0.6) is 5.75 Å². The van der Waals surface area contributed by atoms with Crippen molar-refractivity contribution < 1.29 is 14.3 Å². The lowest BCUT2D eigenvalue weighted by molar-refractivity contribution is -0.140. The summed E-state index contributed by atoms with van der Waals surface area (Å²) in [6.07, 6.45) is 6.21. The van der Waals surface area contributed by atoms with Crippen molar-refractivity contribution in [1.29, 1.82) is 0 Å². The Morgan fingerprint density at radius 2 is 1.97 bits per heavy atom. The maximum atomic E-state index is 12.7. The zero-order chi connectivity index (χ0) is 21.1. The largest absolute Gasteiger partial charge is 0.494 e. The highest BCUT2D eigenvalue weighted by Gasteiger charge is 2.33. The summed E-state index contributed by atoms with van der Waals surface area (Å²) < 4.78 is 11.7. The highest BCUT2D eigenvalue weighted by Crippen LogP contribution is 2.22. The molecule has 29 heavy (non-hydrogen) atoms. The van der Waals surface area contributed by atoms with Gasteiger partial charge in [-0.25, -0.2) is 0 Å². The first-order valence-corrected chi connectivity index (χ1v) is 11.4. The monoisotopic (exact) mass is 404 g/mol. The Hall–Kier alpha value is -1.59. The van der Waals surface area contributed by atoms with Gasteiger partial charge in [0.2, 0.25) is 0 Å². The molecule has 0 radical (unpaired) electrons. The molecule has 0 spiro atoms. The van der Waals surface area contributed by atoms with Crippen LogP contribution in [0.1, 0.15) is 66.2 Å². The molecule has 5 heteroatoms. The normalized spacial score (nSPS) is 19.5. The molecule has 1 aliphatic heterocycles. The molecule has 0 unspecified atom stereocenters. The maximum absolute atomic E-state index is 12.7. The van der Waals surface area contributed by atoms with Crippen LogP contribution in [0.3, 0.4) is 0 Å². The molecule has 1 amide bonds. The van der Waals surface area contributed by atoms with Crippen molar-refractivity contribution in [3.8, 4) is 5.75 Å². The van der Waals surface area contributed by atoms with Crippen LogP contribution in [0.4, 0.5) is 5.69 Å². The number of ether oxygens (including phenoxy) is 2. The molecule has 2 atom stereocenters. The molecule has 1 saturated heterocycles. The minimum Gasteiger partial charge on any atom is -0.494 e. The average molecular weight is 405 g/mol. The molecule has 1 N–H and O–H groups in total. The van der Waals surface area contributed by atoms with Gasteiger partial charge in [0.15, 0.2) is 0 Å². The highest BCUT2D eigenvalue weighted by atomic mass is 16.5. The van der Waals surface area contributed by atoms with E-state index in [1.54, 1.807) is 0 Å². The lowest BCUT2D eigenvalue weighted by atomic mass is 9.99. The van der Waals surface area contributed by atoms with Gasteiger partial charge in [0.05, 0.1) is 6.61 Å². The Labute approximate surface area is 177 Å². The lowest BCUT2D eigenvalue weighted by Gasteiger charge is -2.30. The van der Waals surface area contributed by atoms with Gasteiger partial charge >= 0.3 is 0 Å². The summed E-state index contributed by atoms with van der Waals surface area (Å²) in [5.74, 6) is 1.57. The number of amides is 1. The number of rotatable bonds is 12. The van der Waals surface area contributed by atoms with Gasteiger partial charge in [-0.1, -0.05) is 27.2 Å². The Morgan fingerprint density at radius 1 is 1.21 bits per heavy atom. The molecule has 0 saturated carbocycles. The smallest absolute Gasteiger partial charge is 0.256 e. The zero-order valence-corrected chi connectivity index (χ0v) is 18.8. The van der Waals surface area contributed by atoms with Crippen LogP contribution in [0.25, 0.3) is 0 Å². The molecule has 1 aromatic rings. The van der Waals surface area contributed by atoms with E-state index >= 15 is 0 Å². The first-order valence-electron chi connectivity index (χ1n) is 11.4. The average Bonchev–Trinajstić information content (AvgIpc) is 2.71. The zero-order valence-electron chi connectivity index (χ0n) is 18.8. The van der Waals surface area contributed by atoms with E-state index in [9.17, 15) is 4.79 Å². The standard InChI is InChI=1S/C24H40N2O3/c1-5-14-24(4,29-17-6-2)23(27)25-21-10-12-22(13-11-21)28-18-8-16-26-15-7-9-20(3)19-26/h10-13,20H,5-9,14-19H2,1-4H3,(H,25,27)/t20-,24-/m0/s1. The molecule has 0 aromatic heterocycles. The van der Waals surface area contributed by atoms with Crippen molar-refractivity contribution >= 4 is 11.6 Å². The molecule has 1 fully saturated rings. The van der Waals surface area contributed by atoms with Crippen molar-refractivity contribution in [2.75, 3.05) is 38.2 Å². The van der Waals surface area contributed by atoms with Crippen LogP contribution in [-0.4, -0.2) is 49.3 Å². The number of benzene rings is 1. The van der Waals surface area contributed by atoms with E-state index in [4.69, 9.17) is 9.47 Å². The minimum atomic E-state index is -0.786. The van der Waals surface area contributed by atoms with E-state index in [1.807, 2.05) is 31.2 Å². The Kier molecular flexibility index (Phi) is 9.95. The van der Waals surface area contributed by atoms with Crippen molar-refractivity contribution in [2.45, 2.75) is 71.8 Å². The number of hydrogen-bond donors (Lipinski definition) is 1. The van der Waals surface area contributed by atoms with Crippen molar-refractivity contribution in [2.24, 2.45) is 5.92 Å². The van der Waals surface area contributed by atoms with Crippen LogP contribution in [-0.2, 0) is 9.53 Å². The summed E-state index contributed by atoms with van der Waals surface area (Å²) in [5.41, 5.74) is -0.0154. The fourth-order valence-electron chi connectivity index (χ4n) is 3.92. The first kappa shape index (κ1) is 23.7. The van der Waals surface area contributed by atoms with Crippen LogP contribution in [0.2, 0.25) is 0 Å².